The van der Waals surface area contributed by atoms with Gasteiger partial charge in [0.15, 0.2) is 11.6 Å². The standard InChI is InChI=1S/C21H13Cl2F3N2O/c1-11-19(12-2-4-13(5-3-12)21(24,25)26)28-20(27-11)18-9-8-17(29-18)15-7-6-14(22)10-16(15)23/h2-10H,1H3,(H,27,28). The van der Waals surface area contributed by atoms with E-state index in [-0.39, 0.29) is 0 Å². The average Bonchev–Trinajstić information content (AvgIpc) is 3.28. The van der Waals surface area contributed by atoms with Crippen molar-refractivity contribution in [1.29, 1.82) is 0 Å². The smallest absolute Gasteiger partial charge is 0.416 e. The molecule has 1 N–H and O–H groups in total. The normalized spacial score (nSPS) is 11.8. The van der Waals surface area contributed by atoms with Crippen LogP contribution in [-0.2, 0) is 6.18 Å². The summed E-state index contributed by atoms with van der Waals surface area (Å²) in [6.45, 7) is 1.80. The van der Waals surface area contributed by atoms with E-state index in [1.165, 1.54) is 12.1 Å². The van der Waals surface area contributed by atoms with Gasteiger partial charge in [0.2, 0.25) is 0 Å². The van der Waals surface area contributed by atoms with Gasteiger partial charge in [-0.25, -0.2) is 4.98 Å². The largest absolute Gasteiger partial charge is 0.453 e. The number of hydrogen-bond donors (Lipinski definition) is 1. The Kier molecular flexibility index (Phi) is 4.92. The molecule has 4 rings (SSSR count). The molecule has 3 nitrogen and oxygen atoms in total. The molecule has 0 atom stereocenters. The summed E-state index contributed by atoms with van der Waals surface area (Å²) in [7, 11) is 0. The van der Waals surface area contributed by atoms with Crippen molar-refractivity contribution in [2.45, 2.75) is 13.1 Å². The summed E-state index contributed by atoms with van der Waals surface area (Å²) < 4.78 is 44.2. The third-order valence-corrected chi connectivity index (χ3v) is 4.95. The summed E-state index contributed by atoms with van der Waals surface area (Å²) in [6.07, 6.45) is -4.38. The highest BCUT2D eigenvalue weighted by molar-refractivity contribution is 6.36. The maximum Gasteiger partial charge on any atom is 0.416 e. The van der Waals surface area contributed by atoms with E-state index in [0.29, 0.717) is 49.9 Å². The number of aromatic amines is 1. The van der Waals surface area contributed by atoms with E-state index in [1.807, 2.05) is 0 Å². The van der Waals surface area contributed by atoms with Gasteiger partial charge in [-0.05, 0) is 49.4 Å². The number of rotatable bonds is 3. The van der Waals surface area contributed by atoms with Gasteiger partial charge in [-0.1, -0.05) is 35.3 Å². The fourth-order valence-corrected chi connectivity index (χ4v) is 3.48. The Balaban J connectivity index is 1.66. The highest BCUT2D eigenvalue weighted by Gasteiger charge is 2.30. The van der Waals surface area contributed by atoms with Crippen LogP contribution in [0.5, 0.6) is 0 Å². The minimum absolute atomic E-state index is 0.458. The van der Waals surface area contributed by atoms with Crippen molar-refractivity contribution in [3.63, 3.8) is 0 Å². The number of hydrogen-bond acceptors (Lipinski definition) is 2. The van der Waals surface area contributed by atoms with Crippen molar-refractivity contribution in [3.8, 4) is 34.2 Å². The highest BCUT2D eigenvalue weighted by Crippen LogP contribution is 2.35. The molecule has 2 heterocycles. The number of H-pyrrole nitrogens is 1. The van der Waals surface area contributed by atoms with Crippen LogP contribution in [0.1, 0.15) is 11.3 Å². The molecular formula is C21H13Cl2F3N2O. The van der Waals surface area contributed by atoms with Gasteiger partial charge < -0.3 is 9.40 Å². The van der Waals surface area contributed by atoms with Gasteiger partial charge in [-0.15, -0.1) is 0 Å². The van der Waals surface area contributed by atoms with Crippen LogP contribution in [0.2, 0.25) is 10.0 Å². The molecule has 0 aliphatic carbocycles. The number of alkyl halides is 3. The molecule has 0 saturated carbocycles. The lowest BCUT2D eigenvalue weighted by molar-refractivity contribution is -0.137. The molecule has 2 aromatic carbocycles. The van der Waals surface area contributed by atoms with Crippen LogP contribution in [0.4, 0.5) is 13.2 Å². The van der Waals surface area contributed by atoms with Crippen molar-refractivity contribution >= 4 is 23.2 Å². The number of imidazole rings is 1. The maximum atomic E-state index is 12.8. The predicted octanol–water partition coefficient (Wildman–Crippen LogP) is 7.64. The zero-order valence-corrected chi connectivity index (χ0v) is 16.5. The van der Waals surface area contributed by atoms with Crippen molar-refractivity contribution < 1.29 is 17.6 Å². The van der Waals surface area contributed by atoms with Crippen molar-refractivity contribution in [3.05, 3.63) is 75.9 Å². The number of benzene rings is 2. The zero-order chi connectivity index (χ0) is 20.8. The molecule has 0 aliphatic heterocycles. The number of nitrogens with one attached hydrogen (secondary N) is 1. The van der Waals surface area contributed by atoms with Crippen LogP contribution in [0.3, 0.4) is 0 Å². The number of halogens is 5. The summed E-state index contributed by atoms with van der Waals surface area (Å²) in [5, 5.41) is 0.979. The molecule has 0 spiro atoms. The number of aryl methyl sites for hydroxylation is 1. The average molecular weight is 437 g/mol. The number of furan rings is 1. The molecule has 29 heavy (non-hydrogen) atoms. The molecule has 0 saturated heterocycles. The molecule has 148 valence electrons. The topological polar surface area (TPSA) is 41.8 Å². The van der Waals surface area contributed by atoms with Gasteiger partial charge in [0, 0.05) is 21.8 Å². The molecule has 0 amide bonds. The van der Waals surface area contributed by atoms with E-state index < -0.39 is 11.7 Å². The minimum Gasteiger partial charge on any atom is -0.453 e. The summed E-state index contributed by atoms with van der Waals surface area (Å²) in [6, 6.07) is 13.5. The lowest BCUT2D eigenvalue weighted by Crippen LogP contribution is -2.04. The molecule has 2 aromatic heterocycles. The lowest BCUT2D eigenvalue weighted by atomic mass is 10.1. The Bertz CT molecular complexity index is 1180. The Labute approximate surface area is 174 Å². The monoisotopic (exact) mass is 436 g/mol. The minimum atomic E-state index is -4.38. The molecule has 0 fully saturated rings. The molecule has 0 bridgehead atoms. The Hall–Kier alpha value is -2.70. The van der Waals surface area contributed by atoms with Gasteiger partial charge in [0.25, 0.3) is 0 Å². The van der Waals surface area contributed by atoms with E-state index in [1.54, 1.807) is 37.3 Å². The molecule has 0 unspecified atom stereocenters. The molecule has 0 aliphatic rings. The van der Waals surface area contributed by atoms with E-state index in [9.17, 15) is 13.2 Å². The van der Waals surface area contributed by atoms with E-state index in [0.717, 1.165) is 12.1 Å². The second-order valence-electron chi connectivity index (χ2n) is 6.42. The second kappa shape index (κ2) is 7.28. The Morgan fingerprint density at radius 1 is 0.931 bits per heavy atom. The van der Waals surface area contributed by atoms with Gasteiger partial charge in [0.05, 0.1) is 16.3 Å². The highest BCUT2D eigenvalue weighted by atomic mass is 35.5. The first kappa shape index (κ1) is 19.6. The summed E-state index contributed by atoms with van der Waals surface area (Å²) >= 11 is 12.2. The van der Waals surface area contributed by atoms with Crippen LogP contribution in [-0.4, -0.2) is 9.97 Å². The van der Waals surface area contributed by atoms with Crippen molar-refractivity contribution in [2.75, 3.05) is 0 Å². The molecule has 0 radical (unpaired) electrons. The maximum absolute atomic E-state index is 12.8. The molecule has 8 heteroatoms. The summed E-state index contributed by atoms with van der Waals surface area (Å²) in [5.74, 6) is 1.49. The van der Waals surface area contributed by atoms with E-state index in [4.69, 9.17) is 27.6 Å². The van der Waals surface area contributed by atoms with Gasteiger partial charge in [-0.3, -0.25) is 0 Å². The Morgan fingerprint density at radius 2 is 1.62 bits per heavy atom. The van der Waals surface area contributed by atoms with E-state index >= 15 is 0 Å². The fraction of sp³-hybridized carbons (Fsp3) is 0.0952. The lowest BCUT2D eigenvalue weighted by Gasteiger charge is -2.06. The first-order chi connectivity index (χ1) is 13.7. The number of nitrogens with zero attached hydrogens (tertiary/aromatic N) is 1. The van der Waals surface area contributed by atoms with Crippen LogP contribution in [0.15, 0.2) is 59.0 Å². The zero-order valence-electron chi connectivity index (χ0n) is 14.9. The molecular weight excluding hydrogens is 424 g/mol. The van der Waals surface area contributed by atoms with Crippen LogP contribution in [0, 0.1) is 6.92 Å². The Morgan fingerprint density at radius 3 is 2.28 bits per heavy atom. The van der Waals surface area contributed by atoms with Gasteiger partial charge in [0.1, 0.15) is 5.76 Å². The first-order valence-electron chi connectivity index (χ1n) is 8.52. The quantitative estimate of drug-likeness (QED) is 0.358. The first-order valence-corrected chi connectivity index (χ1v) is 9.28. The predicted molar refractivity (Wildman–Crippen MR) is 107 cm³/mol. The SMILES string of the molecule is Cc1[nH]c(-c2ccc(-c3ccc(Cl)cc3Cl)o2)nc1-c1ccc(C(F)(F)F)cc1. The van der Waals surface area contributed by atoms with Crippen molar-refractivity contribution in [2.24, 2.45) is 0 Å². The summed E-state index contributed by atoms with van der Waals surface area (Å²) in [5.41, 5.74) is 1.82. The fourth-order valence-electron chi connectivity index (χ4n) is 2.97. The number of aromatic nitrogens is 2. The van der Waals surface area contributed by atoms with Crippen molar-refractivity contribution in [1.82, 2.24) is 9.97 Å². The third-order valence-electron chi connectivity index (χ3n) is 4.41. The van der Waals surface area contributed by atoms with Crippen LogP contribution >= 0.6 is 23.2 Å². The summed E-state index contributed by atoms with van der Waals surface area (Å²) in [4.78, 5) is 7.61. The molecule has 4 aromatic rings. The van der Waals surface area contributed by atoms with Gasteiger partial charge in [-0.2, -0.15) is 13.2 Å². The van der Waals surface area contributed by atoms with Crippen LogP contribution in [0.25, 0.3) is 34.2 Å². The second-order valence-corrected chi connectivity index (χ2v) is 7.27. The van der Waals surface area contributed by atoms with Crippen LogP contribution < -0.4 is 0 Å². The van der Waals surface area contributed by atoms with E-state index in [2.05, 4.69) is 9.97 Å². The van der Waals surface area contributed by atoms with Gasteiger partial charge >= 0.3 is 6.18 Å². The third kappa shape index (κ3) is 3.91.